The molecule has 0 saturated carbocycles. The maximum Gasteiger partial charge on any atom is 0.407 e. The highest BCUT2D eigenvalue weighted by Crippen LogP contribution is 1.98. The van der Waals surface area contributed by atoms with Crippen LogP contribution in [0, 0.1) is 0 Å². The second-order valence-corrected chi connectivity index (χ2v) is 3.23. The standard InChI is InChI=1S/C12H17NO6/c1-4-10(14)17-7-9(8-18-11(15)5-2)19-12(16)13-6-3/h4-5,9H,1-2,6-8H2,3H3,(H,13,16). The molecule has 1 amide bonds. The lowest BCUT2D eigenvalue weighted by atomic mass is 10.4. The molecule has 0 radical (unpaired) electrons. The van der Waals surface area contributed by atoms with Crippen LogP contribution in [0.15, 0.2) is 25.3 Å². The average molecular weight is 271 g/mol. The maximum absolute atomic E-state index is 11.2. The quantitative estimate of drug-likeness (QED) is 0.394. The summed E-state index contributed by atoms with van der Waals surface area (Å²) in [6, 6.07) is 0. The zero-order chi connectivity index (χ0) is 14.7. The SMILES string of the molecule is C=CC(=O)OCC(COC(=O)C=C)OC(=O)NCC. The first-order chi connectivity index (χ1) is 9.03. The maximum atomic E-state index is 11.2. The van der Waals surface area contributed by atoms with Crippen LogP contribution in [0.3, 0.4) is 0 Å². The van der Waals surface area contributed by atoms with Crippen molar-refractivity contribution in [1.82, 2.24) is 5.32 Å². The molecule has 0 spiro atoms. The fourth-order valence-electron chi connectivity index (χ4n) is 0.922. The monoisotopic (exact) mass is 271 g/mol. The average Bonchev–Trinajstić information content (AvgIpc) is 2.41. The van der Waals surface area contributed by atoms with E-state index in [1.807, 2.05) is 0 Å². The lowest BCUT2D eigenvalue weighted by Crippen LogP contribution is -2.35. The van der Waals surface area contributed by atoms with E-state index in [0.717, 1.165) is 12.2 Å². The Hall–Kier alpha value is -2.31. The van der Waals surface area contributed by atoms with Gasteiger partial charge >= 0.3 is 18.0 Å². The normalized spacial score (nSPS) is 9.37. The summed E-state index contributed by atoms with van der Waals surface area (Å²) in [5, 5.41) is 2.40. The number of nitrogens with one attached hydrogen (secondary N) is 1. The van der Waals surface area contributed by atoms with E-state index >= 15 is 0 Å². The summed E-state index contributed by atoms with van der Waals surface area (Å²) in [6.07, 6.45) is 0.342. The number of amides is 1. The van der Waals surface area contributed by atoms with Gasteiger partial charge in [0.25, 0.3) is 0 Å². The molecule has 106 valence electrons. The summed E-state index contributed by atoms with van der Waals surface area (Å²) in [4.78, 5) is 33.0. The third-order valence-corrected chi connectivity index (χ3v) is 1.75. The number of alkyl carbamates (subject to hydrolysis) is 1. The van der Waals surface area contributed by atoms with E-state index in [1.54, 1.807) is 6.92 Å². The topological polar surface area (TPSA) is 90.9 Å². The van der Waals surface area contributed by atoms with Crippen molar-refractivity contribution in [3.05, 3.63) is 25.3 Å². The number of rotatable bonds is 8. The van der Waals surface area contributed by atoms with E-state index in [-0.39, 0.29) is 13.2 Å². The van der Waals surface area contributed by atoms with Gasteiger partial charge in [0.05, 0.1) is 0 Å². The molecule has 0 aromatic heterocycles. The van der Waals surface area contributed by atoms with Crippen molar-refractivity contribution in [2.24, 2.45) is 0 Å². The van der Waals surface area contributed by atoms with Gasteiger partial charge in [-0.15, -0.1) is 0 Å². The lowest BCUT2D eigenvalue weighted by Gasteiger charge is -2.17. The van der Waals surface area contributed by atoms with Crippen LogP contribution in [0.1, 0.15) is 6.92 Å². The third kappa shape index (κ3) is 8.42. The zero-order valence-corrected chi connectivity index (χ0v) is 10.7. The molecule has 7 nitrogen and oxygen atoms in total. The molecule has 0 fully saturated rings. The highest BCUT2D eigenvalue weighted by atomic mass is 16.6. The lowest BCUT2D eigenvalue weighted by molar-refractivity contribution is -0.146. The fourth-order valence-corrected chi connectivity index (χ4v) is 0.922. The minimum absolute atomic E-state index is 0.244. The van der Waals surface area contributed by atoms with Gasteiger partial charge in [-0.25, -0.2) is 14.4 Å². The summed E-state index contributed by atoms with van der Waals surface area (Å²) < 4.78 is 14.3. The Bertz CT molecular complexity index is 328. The van der Waals surface area contributed by atoms with Gasteiger partial charge in [-0.3, -0.25) is 0 Å². The van der Waals surface area contributed by atoms with Gasteiger partial charge in [0.15, 0.2) is 6.10 Å². The summed E-state index contributed by atoms with van der Waals surface area (Å²) in [7, 11) is 0. The molecule has 0 aliphatic carbocycles. The van der Waals surface area contributed by atoms with E-state index in [2.05, 4.69) is 18.5 Å². The van der Waals surface area contributed by atoms with Crippen molar-refractivity contribution < 1.29 is 28.6 Å². The highest BCUT2D eigenvalue weighted by Gasteiger charge is 2.17. The van der Waals surface area contributed by atoms with Crippen LogP contribution in [0.5, 0.6) is 0 Å². The molecule has 0 heterocycles. The predicted octanol–water partition coefficient (Wildman–Crippen LogP) is 0.559. The molecule has 1 N–H and O–H groups in total. The van der Waals surface area contributed by atoms with Crippen LogP contribution in [0.25, 0.3) is 0 Å². The summed E-state index contributed by atoms with van der Waals surface area (Å²) in [6.45, 7) is 8.05. The first kappa shape index (κ1) is 16.7. The van der Waals surface area contributed by atoms with Crippen LogP contribution < -0.4 is 5.32 Å². The Balaban J connectivity index is 4.31. The van der Waals surface area contributed by atoms with Gasteiger partial charge in [-0.05, 0) is 6.92 Å². The van der Waals surface area contributed by atoms with Gasteiger partial charge in [-0.1, -0.05) is 13.2 Å². The second-order valence-electron chi connectivity index (χ2n) is 3.23. The Morgan fingerprint density at radius 2 is 1.58 bits per heavy atom. The first-order valence-corrected chi connectivity index (χ1v) is 5.56. The van der Waals surface area contributed by atoms with Crippen molar-refractivity contribution >= 4 is 18.0 Å². The molecule has 0 atom stereocenters. The number of esters is 2. The van der Waals surface area contributed by atoms with Crippen molar-refractivity contribution in [3.63, 3.8) is 0 Å². The number of hydrogen-bond donors (Lipinski definition) is 1. The predicted molar refractivity (Wildman–Crippen MR) is 66.3 cm³/mol. The van der Waals surface area contributed by atoms with Crippen LogP contribution >= 0.6 is 0 Å². The number of hydrogen-bond acceptors (Lipinski definition) is 6. The van der Waals surface area contributed by atoms with Gasteiger partial charge < -0.3 is 19.5 Å². The Morgan fingerprint density at radius 3 is 1.95 bits per heavy atom. The molecule has 0 unspecified atom stereocenters. The Morgan fingerprint density at radius 1 is 1.11 bits per heavy atom. The second kappa shape index (κ2) is 9.69. The molecule has 0 aliphatic heterocycles. The van der Waals surface area contributed by atoms with Gasteiger partial charge in [0, 0.05) is 18.7 Å². The van der Waals surface area contributed by atoms with Gasteiger partial charge in [0.2, 0.25) is 0 Å². The van der Waals surface area contributed by atoms with Crippen molar-refractivity contribution in [2.45, 2.75) is 13.0 Å². The molecule has 0 aromatic carbocycles. The fraction of sp³-hybridized carbons (Fsp3) is 0.417. The number of ether oxygens (including phenoxy) is 3. The van der Waals surface area contributed by atoms with Crippen LogP contribution in [0.4, 0.5) is 4.79 Å². The molecule has 19 heavy (non-hydrogen) atoms. The zero-order valence-electron chi connectivity index (χ0n) is 10.7. The van der Waals surface area contributed by atoms with Crippen LogP contribution in [-0.4, -0.2) is 43.9 Å². The minimum Gasteiger partial charge on any atom is -0.458 e. The van der Waals surface area contributed by atoms with Crippen molar-refractivity contribution in [1.29, 1.82) is 0 Å². The highest BCUT2D eigenvalue weighted by molar-refractivity contribution is 5.81. The van der Waals surface area contributed by atoms with E-state index in [4.69, 9.17) is 14.2 Å². The van der Waals surface area contributed by atoms with Crippen molar-refractivity contribution in [3.8, 4) is 0 Å². The third-order valence-electron chi connectivity index (χ3n) is 1.75. The largest absolute Gasteiger partial charge is 0.458 e. The van der Waals surface area contributed by atoms with Crippen LogP contribution in [-0.2, 0) is 23.8 Å². The number of carbonyl (C=O) groups is 3. The van der Waals surface area contributed by atoms with E-state index in [1.165, 1.54) is 0 Å². The van der Waals surface area contributed by atoms with Gasteiger partial charge in [0.1, 0.15) is 13.2 Å². The molecular weight excluding hydrogens is 254 g/mol. The molecule has 0 aliphatic rings. The van der Waals surface area contributed by atoms with Gasteiger partial charge in [-0.2, -0.15) is 0 Å². The molecule has 0 saturated heterocycles. The molecule has 0 bridgehead atoms. The summed E-state index contributed by atoms with van der Waals surface area (Å²) in [5.41, 5.74) is 0. The smallest absolute Gasteiger partial charge is 0.407 e. The Kier molecular flexibility index (Phi) is 8.51. The molecule has 0 aromatic rings. The molecular formula is C12H17NO6. The van der Waals surface area contributed by atoms with E-state index in [9.17, 15) is 14.4 Å². The molecule has 7 heteroatoms. The minimum atomic E-state index is -0.903. The van der Waals surface area contributed by atoms with Crippen molar-refractivity contribution in [2.75, 3.05) is 19.8 Å². The van der Waals surface area contributed by atoms with Crippen LogP contribution in [0.2, 0.25) is 0 Å². The summed E-state index contributed by atoms with van der Waals surface area (Å²) in [5.74, 6) is -1.33. The Labute approximate surface area is 111 Å². The first-order valence-electron chi connectivity index (χ1n) is 5.56. The van der Waals surface area contributed by atoms with E-state index in [0.29, 0.717) is 6.54 Å². The number of carbonyl (C=O) groups excluding carboxylic acids is 3. The summed E-state index contributed by atoms with van der Waals surface area (Å²) >= 11 is 0. The molecule has 0 rings (SSSR count). The van der Waals surface area contributed by atoms with E-state index < -0.39 is 24.1 Å².